The van der Waals surface area contributed by atoms with Crippen LogP contribution in [0.1, 0.15) is 15.9 Å². The molecule has 31 heavy (non-hydrogen) atoms. The molecule has 154 valence electrons. The summed E-state index contributed by atoms with van der Waals surface area (Å²) in [4.78, 5) is 16.7. The molecule has 0 saturated heterocycles. The summed E-state index contributed by atoms with van der Waals surface area (Å²) in [6.07, 6.45) is 3.45. The van der Waals surface area contributed by atoms with Crippen LogP contribution in [0.5, 0.6) is 0 Å². The molecule has 0 aliphatic carbocycles. The van der Waals surface area contributed by atoms with Gasteiger partial charge in [-0.3, -0.25) is 9.78 Å². The first kappa shape index (κ1) is 20.1. The highest BCUT2D eigenvalue weighted by atomic mass is 19.1. The second-order valence-electron chi connectivity index (χ2n) is 7.02. The van der Waals surface area contributed by atoms with Gasteiger partial charge in [0, 0.05) is 35.8 Å². The maximum Gasteiger partial charge on any atom is 0.255 e. The summed E-state index contributed by atoms with van der Waals surface area (Å²) >= 11 is 0. The van der Waals surface area contributed by atoms with E-state index in [-0.39, 0.29) is 11.7 Å². The van der Waals surface area contributed by atoms with Gasteiger partial charge in [0.15, 0.2) is 0 Å². The summed E-state index contributed by atoms with van der Waals surface area (Å²) in [5.74, 6) is -0.619. The highest BCUT2D eigenvalue weighted by Crippen LogP contribution is 2.29. The predicted molar refractivity (Wildman–Crippen MR) is 122 cm³/mol. The van der Waals surface area contributed by atoms with Crippen molar-refractivity contribution in [1.82, 2.24) is 4.98 Å². The zero-order valence-electron chi connectivity index (χ0n) is 16.7. The van der Waals surface area contributed by atoms with Gasteiger partial charge in [-0.1, -0.05) is 36.4 Å². The van der Waals surface area contributed by atoms with Gasteiger partial charge < -0.3 is 16.4 Å². The van der Waals surface area contributed by atoms with Gasteiger partial charge in [0.1, 0.15) is 5.82 Å². The SMILES string of the molecule is Nc1ccc(-c2ccccc2F)cc1NC(=O)c1ccc(CNc2ccncc2)cc1. The highest BCUT2D eigenvalue weighted by molar-refractivity contribution is 6.06. The molecule has 0 atom stereocenters. The molecule has 1 heterocycles. The van der Waals surface area contributed by atoms with Crippen LogP contribution in [0, 0.1) is 5.82 Å². The van der Waals surface area contributed by atoms with E-state index in [9.17, 15) is 9.18 Å². The second kappa shape index (κ2) is 9.09. The molecule has 0 bridgehead atoms. The summed E-state index contributed by atoms with van der Waals surface area (Å²) < 4.78 is 14.1. The smallest absolute Gasteiger partial charge is 0.255 e. The van der Waals surface area contributed by atoms with E-state index in [0.717, 1.165) is 11.3 Å². The van der Waals surface area contributed by atoms with Crippen LogP contribution in [-0.2, 0) is 6.54 Å². The Morgan fingerprint density at radius 3 is 2.42 bits per heavy atom. The van der Waals surface area contributed by atoms with Gasteiger partial charge in [-0.15, -0.1) is 0 Å². The average molecular weight is 412 g/mol. The lowest BCUT2D eigenvalue weighted by molar-refractivity contribution is 0.102. The number of anilines is 3. The molecule has 0 aliphatic heterocycles. The van der Waals surface area contributed by atoms with Gasteiger partial charge in [-0.25, -0.2) is 4.39 Å². The Hall–Kier alpha value is -4.19. The number of hydrogen-bond donors (Lipinski definition) is 3. The van der Waals surface area contributed by atoms with Gasteiger partial charge >= 0.3 is 0 Å². The third-order valence-electron chi connectivity index (χ3n) is 4.88. The first-order valence-electron chi connectivity index (χ1n) is 9.79. The fourth-order valence-corrected chi connectivity index (χ4v) is 3.17. The van der Waals surface area contributed by atoms with Crippen molar-refractivity contribution in [1.29, 1.82) is 0 Å². The van der Waals surface area contributed by atoms with Crippen LogP contribution >= 0.6 is 0 Å². The van der Waals surface area contributed by atoms with Crippen LogP contribution < -0.4 is 16.4 Å². The quantitative estimate of drug-likeness (QED) is 0.374. The van der Waals surface area contributed by atoms with E-state index in [1.165, 1.54) is 6.07 Å². The maximum atomic E-state index is 14.1. The van der Waals surface area contributed by atoms with E-state index in [1.54, 1.807) is 60.9 Å². The van der Waals surface area contributed by atoms with Crippen molar-refractivity contribution >= 4 is 23.0 Å². The van der Waals surface area contributed by atoms with Gasteiger partial charge in [0.25, 0.3) is 5.91 Å². The van der Waals surface area contributed by atoms with Crippen molar-refractivity contribution in [2.24, 2.45) is 0 Å². The van der Waals surface area contributed by atoms with Crippen LogP contribution in [0.3, 0.4) is 0 Å². The molecule has 0 saturated carbocycles. The molecule has 5 nitrogen and oxygen atoms in total. The Labute approximate surface area is 179 Å². The Balaban J connectivity index is 1.45. The van der Waals surface area contributed by atoms with Crippen molar-refractivity contribution in [2.45, 2.75) is 6.54 Å². The van der Waals surface area contributed by atoms with Crippen LogP contribution in [0.25, 0.3) is 11.1 Å². The van der Waals surface area contributed by atoms with Gasteiger partial charge in [0.05, 0.1) is 11.4 Å². The minimum absolute atomic E-state index is 0.286. The average Bonchev–Trinajstić information content (AvgIpc) is 2.80. The van der Waals surface area contributed by atoms with Gasteiger partial charge in [-0.05, 0) is 53.6 Å². The van der Waals surface area contributed by atoms with Gasteiger partial charge in [0.2, 0.25) is 0 Å². The van der Waals surface area contributed by atoms with Crippen LogP contribution in [0.2, 0.25) is 0 Å². The van der Waals surface area contributed by atoms with E-state index in [4.69, 9.17) is 5.73 Å². The number of nitrogen functional groups attached to an aromatic ring is 1. The molecule has 0 unspecified atom stereocenters. The summed E-state index contributed by atoms with van der Waals surface area (Å²) in [7, 11) is 0. The lowest BCUT2D eigenvalue weighted by Crippen LogP contribution is -2.13. The summed E-state index contributed by atoms with van der Waals surface area (Å²) in [5.41, 5.74) is 10.5. The number of hydrogen-bond acceptors (Lipinski definition) is 4. The first-order valence-corrected chi connectivity index (χ1v) is 9.79. The molecule has 3 aromatic carbocycles. The lowest BCUT2D eigenvalue weighted by Gasteiger charge is -2.12. The third kappa shape index (κ3) is 4.87. The lowest BCUT2D eigenvalue weighted by atomic mass is 10.0. The monoisotopic (exact) mass is 412 g/mol. The number of rotatable bonds is 6. The number of nitrogens with two attached hydrogens (primary N) is 1. The fraction of sp³-hybridized carbons (Fsp3) is 0.0400. The van der Waals surface area contributed by atoms with E-state index in [2.05, 4.69) is 15.6 Å². The van der Waals surface area contributed by atoms with E-state index >= 15 is 0 Å². The van der Waals surface area contributed by atoms with Crippen molar-refractivity contribution in [2.75, 3.05) is 16.4 Å². The summed E-state index contributed by atoms with van der Waals surface area (Å²) in [6, 6.07) is 22.6. The Kier molecular flexibility index (Phi) is 5.89. The van der Waals surface area contributed by atoms with Crippen molar-refractivity contribution in [3.63, 3.8) is 0 Å². The number of carbonyl (C=O) groups is 1. The highest BCUT2D eigenvalue weighted by Gasteiger charge is 2.11. The molecule has 4 rings (SSSR count). The van der Waals surface area contributed by atoms with Gasteiger partial charge in [-0.2, -0.15) is 0 Å². The molecule has 1 aromatic heterocycles. The molecule has 0 radical (unpaired) electrons. The van der Waals surface area contributed by atoms with Crippen LogP contribution in [0.4, 0.5) is 21.5 Å². The fourth-order valence-electron chi connectivity index (χ4n) is 3.17. The Morgan fingerprint density at radius 2 is 1.68 bits per heavy atom. The molecule has 1 amide bonds. The number of nitrogens with one attached hydrogen (secondary N) is 2. The zero-order chi connectivity index (χ0) is 21.6. The molecule has 6 heteroatoms. The topological polar surface area (TPSA) is 80.0 Å². The van der Waals surface area contributed by atoms with E-state index in [1.807, 2.05) is 24.3 Å². The molecule has 0 fully saturated rings. The standard InChI is InChI=1S/C25H21FN4O/c26-22-4-2-1-3-21(22)19-9-10-23(27)24(15-19)30-25(31)18-7-5-17(6-8-18)16-29-20-11-13-28-14-12-20/h1-15H,16,27H2,(H,28,29)(H,30,31). The molecule has 0 aliphatic rings. The molecule has 4 aromatic rings. The molecule has 4 N–H and O–H groups in total. The van der Waals surface area contributed by atoms with Crippen LogP contribution in [0.15, 0.2) is 91.3 Å². The van der Waals surface area contributed by atoms with Crippen molar-refractivity contribution in [3.05, 3.63) is 108 Å². The second-order valence-corrected chi connectivity index (χ2v) is 7.02. The summed E-state index contributed by atoms with van der Waals surface area (Å²) in [5, 5.41) is 6.12. The Morgan fingerprint density at radius 1 is 0.935 bits per heavy atom. The molecular formula is C25H21FN4O. The number of halogens is 1. The predicted octanol–water partition coefficient (Wildman–Crippen LogP) is 5.33. The largest absolute Gasteiger partial charge is 0.397 e. The number of nitrogens with zero attached hydrogens (tertiary/aromatic N) is 1. The summed E-state index contributed by atoms with van der Waals surface area (Å²) in [6.45, 7) is 0.629. The molecule has 0 spiro atoms. The van der Waals surface area contributed by atoms with Crippen molar-refractivity contribution in [3.8, 4) is 11.1 Å². The zero-order valence-corrected chi connectivity index (χ0v) is 16.7. The van der Waals surface area contributed by atoms with Crippen LogP contribution in [-0.4, -0.2) is 10.9 Å². The van der Waals surface area contributed by atoms with E-state index in [0.29, 0.717) is 34.6 Å². The first-order chi connectivity index (χ1) is 15.1. The number of amides is 1. The third-order valence-corrected chi connectivity index (χ3v) is 4.88. The normalized spacial score (nSPS) is 10.5. The maximum absolute atomic E-state index is 14.1. The number of aromatic nitrogens is 1. The number of carbonyl (C=O) groups excluding carboxylic acids is 1. The number of benzene rings is 3. The van der Waals surface area contributed by atoms with Crippen molar-refractivity contribution < 1.29 is 9.18 Å². The number of pyridine rings is 1. The minimum atomic E-state index is -0.333. The minimum Gasteiger partial charge on any atom is -0.397 e. The van der Waals surface area contributed by atoms with E-state index < -0.39 is 0 Å². The Bertz CT molecular complexity index is 1190. The molecular weight excluding hydrogens is 391 g/mol.